The fourth-order valence-electron chi connectivity index (χ4n) is 3.01. The number of hydrogen-bond donors (Lipinski definition) is 2. The highest BCUT2D eigenvalue weighted by atomic mass is 35.5. The Morgan fingerprint density at radius 2 is 2.00 bits per heavy atom. The molecule has 0 unspecified atom stereocenters. The molecule has 168 valence electrons. The van der Waals surface area contributed by atoms with Crippen molar-refractivity contribution in [2.75, 3.05) is 5.73 Å². The molecule has 0 spiro atoms. The minimum Gasteiger partial charge on any atom is -0.384 e. The van der Waals surface area contributed by atoms with Gasteiger partial charge in [-0.2, -0.15) is 5.10 Å². The predicted molar refractivity (Wildman–Crippen MR) is 126 cm³/mol. The lowest BCUT2D eigenvalue weighted by molar-refractivity contribution is -0.120. The van der Waals surface area contributed by atoms with Gasteiger partial charge in [-0.1, -0.05) is 12.1 Å². The van der Waals surface area contributed by atoms with Gasteiger partial charge in [0.1, 0.15) is 11.6 Å². The molecule has 7 nitrogen and oxygen atoms in total. The van der Waals surface area contributed by atoms with Crippen molar-refractivity contribution in [3.05, 3.63) is 92.8 Å². The van der Waals surface area contributed by atoms with Gasteiger partial charge in [0, 0.05) is 37.1 Å². The van der Waals surface area contributed by atoms with Gasteiger partial charge < -0.3 is 11.1 Å². The summed E-state index contributed by atoms with van der Waals surface area (Å²) in [6.07, 6.45) is 5.01. The summed E-state index contributed by atoms with van der Waals surface area (Å²) < 4.78 is 14.6. The Morgan fingerprint density at radius 3 is 2.72 bits per heavy atom. The van der Waals surface area contributed by atoms with Crippen LogP contribution < -0.4 is 16.6 Å². The minimum atomic E-state index is -0.364. The second-order valence-corrected chi connectivity index (χ2v) is 7.24. The zero-order valence-electron chi connectivity index (χ0n) is 17.8. The number of aromatic nitrogens is 2. The second kappa shape index (κ2) is 11.2. The molecular formula is C23H25ClFN5O2. The van der Waals surface area contributed by atoms with E-state index in [4.69, 9.17) is 5.73 Å². The van der Waals surface area contributed by atoms with Gasteiger partial charge in [-0.25, -0.2) is 14.1 Å². The quantitative estimate of drug-likeness (QED) is 0.532. The third-order valence-corrected chi connectivity index (χ3v) is 4.91. The first kappa shape index (κ1) is 24.7. The number of nitrogen functional groups attached to an aromatic ring is 1. The monoisotopic (exact) mass is 457 g/mol. The molecule has 32 heavy (non-hydrogen) atoms. The molecule has 0 radical (unpaired) electrons. The molecule has 3 N–H and O–H groups in total. The van der Waals surface area contributed by atoms with Gasteiger partial charge in [-0.05, 0) is 60.4 Å². The average Bonchev–Trinajstić information content (AvgIpc) is 2.74. The van der Waals surface area contributed by atoms with Crippen LogP contribution in [0, 0.1) is 19.7 Å². The SMILES string of the molecule is Cc1ccc(F)cc1C/C=N/n1ccc(C)c(CC(=O)NCc2ccc(N)nc2)c1=O.Cl. The minimum absolute atomic E-state index is 0. The van der Waals surface area contributed by atoms with Gasteiger partial charge in [-0.3, -0.25) is 9.59 Å². The molecule has 0 saturated carbocycles. The largest absolute Gasteiger partial charge is 0.384 e. The van der Waals surface area contributed by atoms with Gasteiger partial charge in [0.25, 0.3) is 5.56 Å². The summed E-state index contributed by atoms with van der Waals surface area (Å²) >= 11 is 0. The molecule has 0 aliphatic rings. The Morgan fingerprint density at radius 1 is 1.22 bits per heavy atom. The third kappa shape index (κ3) is 6.49. The van der Waals surface area contributed by atoms with Crippen LogP contribution in [0.15, 0.2) is 58.7 Å². The highest BCUT2D eigenvalue weighted by Crippen LogP contribution is 2.10. The Kier molecular flexibility index (Phi) is 8.66. The summed E-state index contributed by atoms with van der Waals surface area (Å²) in [5.41, 5.74) is 8.81. The fraction of sp³-hybridized carbons (Fsp3) is 0.217. The summed E-state index contributed by atoms with van der Waals surface area (Å²) in [5, 5.41) is 6.96. The Balaban J connectivity index is 0.00000363. The molecule has 1 amide bonds. The molecule has 0 atom stereocenters. The number of carbonyl (C=O) groups excluding carboxylic acids is 1. The lowest BCUT2D eigenvalue weighted by Gasteiger charge is -2.09. The summed E-state index contributed by atoms with van der Waals surface area (Å²) in [5.74, 6) is -0.192. The molecule has 9 heteroatoms. The summed E-state index contributed by atoms with van der Waals surface area (Å²) in [4.78, 5) is 29.1. The highest BCUT2D eigenvalue weighted by molar-refractivity contribution is 5.85. The van der Waals surface area contributed by atoms with Crippen LogP contribution in [0.2, 0.25) is 0 Å². The van der Waals surface area contributed by atoms with E-state index in [0.29, 0.717) is 23.4 Å². The number of hydrogen-bond acceptors (Lipinski definition) is 5. The van der Waals surface area contributed by atoms with Crippen molar-refractivity contribution in [3.63, 3.8) is 0 Å². The van der Waals surface area contributed by atoms with Crippen molar-refractivity contribution in [1.29, 1.82) is 0 Å². The first-order valence-electron chi connectivity index (χ1n) is 9.79. The van der Waals surface area contributed by atoms with E-state index in [1.807, 2.05) is 6.92 Å². The maximum atomic E-state index is 13.4. The number of amides is 1. The molecule has 2 heterocycles. The number of rotatable bonds is 7. The molecule has 0 aliphatic heterocycles. The molecular weight excluding hydrogens is 433 g/mol. The predicted octanol–water partition coefficient (Wildman–Crippen LogP) is 2.94. The Bertz CT molecular complexity index is 1180. The van der Waals surface area contributed by atoms with Crippen molar-refractivity contribution in [1.82, 2.24) is 15.0 Å². The topological polar surface area (TPSA) is 102 Å². The van der Waals surface area contributed by atoms with E-state index in [1.54, 1.807) is 49.8 Å². The zero-order chi connectivity index (χ0) is 22.4. The lowest BCUT2D eigenvalue weighted by atomic mass is 10.1. The Labute approximate surface area is 191 Å². The van der Waals surface area contributed by atoms with Crippen LogP contribution >= 0.6 is 12.4 Å². The van der Waals surface area contributed by atoms with E-state index in [9.17, 15) is 14.0 Å². The first-order chi connectivity index (χ1) is 14.8. The van der Waals surface area contributed by atoms with E-state index in [1.165, 1.54) is 16.8 Å². The van der Waals surface area contributed by atoms with Crippen LogP contribution in [0.3, 0.4) is 0 Å². The zero-order valence-corrected chi connectivity index (χ0v) is 18.7. The second-order valence-electron chi connectivity index (χ2n) is 7.24. The number of halogens is 2. The fourth-order valence-corrected chi connectivity index (χ4v) is 3.01. The van der Waals surface area contributed by atoms with Crippen LogP contribution in [0.1, 0.15) is 27.8 Å². The van der Waals surface area contributed by atoms with Crippen LogP contribution in [0.25, 0.3) is 0 Å². The number of carbonyl (C=O) groups is 1. The summed E-state index contributed by atoms with van der Waals surface area (Å²) in [7, 11) is 0. The molecule has 0 aliphatic carbocycles. The Hall–Kier alpha value is -3.52. The normalized spacial score (nSPS) is 10.7. The van der Waals surface area contributed by atoms with E-state index in [-0.39, 0.29) is 42.7 Å². The first-order valence-corrected chi connectivity index (χ1v) is 9.79. The number of nitrogens with two attached hydrogens (primary N) is 1. The van der Waals surface area contributed by atoms with E-state index >= 15 is 0 Å². The maximum Gasteiger partial charge on any atom is 0.274 e. The molecule has 1 aromatic carbocycles. The van der Waals surface area contributed by atoms with E-state index in [0.717, 1.165) is 16.7 Å². The van der Waals surface area contributed by atoms with Gasteiger partial charge in [0.15, 0.2) is 0 Å². The molecule has 2 aromatic heterocycles. The molecule has 0 bridgehead atoms. The lowest BCUT2D eigenvalue weighted by Crippen LogP contribution is -2.30. The van der Waals surface area contributed by atoms with Crippen molar-refractivity contribution in [3.8, 4) is 0 Å². The number of benzene rings is 1. The van der Waals surface area contributed by atoms with E-state index < -0.39 is 0 Å². The van der Waals surface area contributed by atoms with Gasteiger partial charge in [-0.15, -0.1) is 12.4 Å². The van der Waals surface area contributed by atoms with Crippen molar-refractivity contribution >= 4 is 30.3 Å². The van der Waals surface area contributed by atoms with Crippen LogP contribution in [0.5, 0.6) is 0 Å². The number of nitrogens with one attached hydrogen (secondary N) is 1. The number of nitrogens with zero attached hydrogens (tertiary/aromatic N) is 3. The number of pyridine rings is 2. The number of anilines is 1. The van der Waals surface area contributed by atoms with Crippen LogP contribution in [-0.2, 0) is 24.2 Å². The molecule has 0 saturated heterocycles. The van der Waals surface area contributed by atoms with Gasteiger partial charge in [0.05, 0.1) is 6.42 Å². The van der Waals surface area contributed by atoms with Crippen LogP contribution in [0.4, 0.5) is 10.2 Å². The molecule has 0 fully saturated rings. The average molecular weight is 458 g/mol. The third-order valence-electron chi connectivity index (χ3n) is 4.91. The summed E-state index contributed by atoms with van der Waals surface area (Å²) in [6.45, 7) is 3.95. The van der Waals surface area contributed by atoms with Crippen molar-refractivity contribution < 1.29 is 9.18 Å². The number of aryl methyl sites for hydroxylation is 2. The van der Waals surface area contributed by atoms with Gasteiger partial charge >= 0.3 is 0 Å². The smallest absolute Gasteiger partial charge is 0.274 e. The van der Waals surface area contributed by atoms with Gasteiger partial charge in [0.2, 0.25) is 5.91 Å². The standard InChI is InChI=1S/C23H24FN5O2.ClH/c1-15-3-5-19(24)11-18(15)7-9-28-29-10-8-16(2)20(23(29)31)12-22(30)27-14-17-4-6-21(25)26-13-17;/h3-6,8-11,13H,7,12,14H2,1-2H3,(H2,25,26)(H,27,30);1H/b28-9+;. The maximum absolute atomic E-state index is 13.4. The van der Waals surface area contributed by atoms with Crippen LogP contribution in [-0.4, -0.2) is 21.8 Å². The summed E-state index contributed by atoms with van der Waals surface area (Å²) in [6, 6.07) is 9.72. The van der Waals surface area contributed by atoms with Crippen molar-refractivity contribution in [2.45, 2.75) is 33.2 Å². The van der Waals surface area contributed by atoms with E-state index in [2.05, 4.69) is 15.4 Å². The molecule has 3 aromatic rings. The van der Waals surface area contributed by atoms with Crippen molar-refractivity contribution in [2.24, 2.45) is 5.10 Å². The molecule has 3 rings (SSSR count). The highest BCUT2D eigenvalue weighted by Gasteiger charge is 2.12.